The summed E-state index contributed by atoms with van der Waals surface area (Å²) < 4.78 is 5.63. The lowest BCUT2D eigenvalue weighted by atomic mass is 10.2. The quantitative estimate of drug-likeness (QED) is 0.798. The van der Waals surface area contributed by atoms with E-state index in [1.807, 2.05) is 60.7 Å². The van der Waals surface area contributed by atoms with Crippen molar-refractivity contribution in [1.82, 2.24) is 4.98 Å². The third-order valence-electron chi connectivity index (χ3n) is 3.28. The molecule has 1 atom stereocenters. The van der Waals surface area contributed by atoms with E-state index >= 15 is 0 Å². The van der Waals surface area contributed by atoms with E-state index in [0.717, 1.165) is 16.6 Å². The van der Waals surface area contributed by atoms with Gasteiger partial charge in [-0.1, -0.05) is 36.4 Å². The van der Waals surface area contributed by atoms with Crippen LogP contribution in [0.3, 0.4) is 0 Å². The predicted molar refractivity (Wildman–Crippen MR) is 86.9 cm³/mol. The molecule has 0 saturated carbocycles. The van der Waals surface area contributed by atoms with E-state index in [1.165, 1.54) is 0 Å². The maximum Gasteiger partial charge on any atom is 0.265 e. The number of hydrogen-bond acceptors (Lipinski definition) is 3. The van der Waals surface area contributed by atoms with E-state index in [4.69, 9.17) is 4.74 Å². The molecule has 1 unspecified atom stereocenters. The summed E-state index contributed by atoms with van der Waals surface area (Å²) >= 11 is 0. The van der Waals surface area contributed by atoms with Crippen LogP contribution in [0.4, 0.5) is 5.69 Å². The normalized spacial score (nSPS) is 11.9. The van der Waals surface area contributed by atoms with Gasteiger partial charge in [0.15, 0.2) is 6.10 Å². The Morgan fingerprint density at radius 2 is 1.73 bits per heavy atom. The minimum atomic E-state index is -0.631. The van der Waals surface area contributed by atoms with Crippen LogP contribution >= 0.6 is 0 Å². The van der Waals surface area contributed by atoms with Crippen molar-refractivity contribution in [3.63, 3.8) is 0 Å². The van der Waals surface area contributed by atoms with Crippen LogP contribution in [0.25, 0.3) is 10.9 Å². The molecule has 22 heavy (non-hydrogen) atoms. The first-order valence-corrected chi connectivity index (χ1v) is 7.11. The van der Waals surface area contributed by atoms with Crippen molar-refractivity contribution in [3.8, 4) is 5.88 Å². The van der Waals surface area contributed by atoms with E-state index in [2.05, 4.69) is 10.3 Å². The number of aromatic nitrogens is 1. The molecular weight excluding hydrogens is 276 g/mol. The Hall–Kier alpha value is -2.88. The van der Waals surface area contributed by atoms with E-state index in [1.54, 1.807) is 13.0 Å². The number of amides is 1. The fraction of sp³-hybridized carbons (Fsp3) is 0.111. The van der Waals surface area contributed by atoms with Gasteiger partial charge < -0.3 is 10.1 Å². The van der Waals surface area contributed by atoms with Crippen LogP contribution in [0.2, 0.25) is 0 Å². The summed E-state index contributed by atoms with van der Waals surface area (Å²) in [5.74, 6) is 0.232. The lowest BCUT2D eigenvalue weighted by molar-refractivity contribution is -0.122. The summed E-state index contributed by atoms with van der Waals surface area (Å²) in [5.41, 5.74) is 1.59. The highest BCUT2D eigenvalue weighted by atomic mass is 16.5. The fourth-order valence-electron chi connectivity index (χ4n) is 2.11. The summed E-state index contributed by atoms with van der Waals surface area (Å²) in [4.78, 5) is 16.5. The molecule has 0 aliphatic carbocycles. The van der Waals surface area contributed by atoms with Crippen molar-refractivity contribution < 1.29 is 9.53 Å². The molecule has 0 radical (unpaired) electrons. The summed E-state index contributed by atoms with van der Waals surface area (Å²) in [6.07, 6.45) is -0.631. The van der Waals surface area contributed by atoms with Crippen molar-refractivity contribution in [2.45, 2.75) is 13.0 Å². The van der Waals surface area contributed by atoms with E-state index in [9.17, 15) is 4.79 Å². The molecule has 1 amide bonds. The largest absolute Gasteiger partial charge is 0.465 e. The molecular formula is C18H16N2O2. The first-order chi connectivity index (χ1) is 10.7. The number of nitrogens with zero attached hydrogens (tertiary/aromatic N) is 1. The average molecular weight is 292 g/mol. The fourth-order valence-corrected chi connectivity index (χ4v) is 2.11. The van der Waals surface area contributed by atoms with Gasteiger partial charge in [0, 0.05) is 17.1 Å². The summed E-state index contributed by atoms with van der Waals surface area (Å²) in [7, 11) is 0. The lowest BCUT2D eigenvalue weighted by Crippen LogP contribution is -2.30. The van der Waals surface area contributed by atoms with Gasteiger partial charge in [0.2, 0.25) is 5.88 Å². The maximum absolute atomic E-state index is 12.1. The Morgan fingerprint density at radius 3 is 2.55 bits per heavy atom. The van der Waals surface area contributed by atoms with Crippen LogP contribution < -0.4 is 10.1 Å². The summed E-state index contributed by atoms with van der Waals surface area (Å²) in [5, 5.41) is 3.85. The molecule has 110 valence electrons. The van der Waals surface area contributed by atoms with Crippen molar-refractivity contribution in [2.24, 2.45) is 0 Å². The standard InChI is InChI=1S/C18H16N2O2/c1-13(18(21)19-15-8-3-2-4-9-15)22-17-12-11-14-7-5-6-10-16(14)20-17/h2-13H,1H3,(H,19,21). The van der Waals surface area contributed by atoms with E-state index < -0.39 is 6.10 Å². The van der Waals surface area contributed by atoms with Crippen molar-refractivity contribution in [3.05, 3.63) is 66.7 Å². The third-order valence-corrected chi connectivity index (χ3v) is 3.28. The molecule has 4 heteroatoms. The molecule has 1 heterocycles. The van der Waals surface area contributed by atoms with Crippen LogP contribution in [0.5, 0.6) is 5.88 Å². The Labute approximate surface area is 128 Å². The number of hydrogen-bond donors (Lipinski definition) is 1. The second kappa shape index (κ2) is 6.26. The minimum absolute atomic E-state index is 0.207. The highest BCUT2D eigenvalue weighted by molar-refractivity contribution is 5.94. The molecule has 0 aliphatic heterocycles. The van der Waals surface area contributed by atoms with Gasteiger partial charge in [-0.25, -0.2) is 4.98 Å². The second-order valence-electron chi connectivity index (χ2n) is 4.96. The highest BCUT2D eigenvalue weighted by Crippen LogP contribution is 2.17. The van der Waals surface area contributed by atoms with Gasteiger partial charge in [0.1, 0.15) is 0 Å². The third kappa shape index (κ3) is 3.23. The molecule has 0 fully saturated rings. The van der Waals surface area contributed by atoms with Crippen molar-refractivity contribution in [1.29, 1.82) is 0 Å². The molecule has 3 aromatic rings. The van der Waals surface area contributed by atoms with Crippen molar-refractivity contribution >= 4 is 22.5 Å². The number of pyridine rings is 1. The number of carbonyl (C=O) groups is 1. The number of para-hydroxylation sites is 2. The number of nitrogens with one attached hydrogen (secondary N) is 1. The van der Waals surface area contributed by atoms with Crippen LogP contribution in [0, 0.1) is 0 Å². The van der Waals surface area contributed by atoms with E-state index in [0.29, 0.717) is 5.88 Å². The van der Waals surface area contributed by atoms with Crippen LogP contribution in [0.15, 0.2) is 66.7 Å². The van der Waals surface area contributed by atoms with E-state index in [-0.39, 0.29) is 5.91 Å². The molecule has 1 aromatic heterocycles. The average Bonchev–Trinajstić information content (AvgIpc) is 2.55. The topological polar surface area (TPSA) is 51.2 Å². The molecule has 2 aromatic carbocycles. The molecule has 3 rings (SSSR count). The van der Waals surface area contributed by atoms with Crippen molar-refractivity contribution in [2.75, 3.05) is 5.32 Å². The lowest BCUT2D eigenvalue weighted by Gasteiger charge is -2.14. The summed E-state index contributed by atoms with van der Waals surface area (Å²) in [6.45, 7) is 1.70. The zero-order valence-electron chi connectivity index (χ0n) is 12.2. The smallest absolute Gasteiger partial charge is 0.265 e. The number of fused-ring (bicyclic) bond motifs is 1. The zero-order valence-corrected chi connectivity index (χ0v) is 12.2. The van der Waals surface area contributed by atoms with Gasteiger partial charge in [-0.3, -0.25) is 4.79 Å². The van der Waals surface area contributed by atoms with Gasteiger partial charge in [0.05, 0.1) is 5.52 Å². The number of rotatable bonds is 4. The van der Waals surface area contributed by atoms with Gasteiger partial charge in [-0.2, -0.15) is 0 Å². The van der Waals surface area contributed by atoms with Gasteiger partial charge in [-0.05, 0) is 31.2 Å². The number of benzene rings is 2. The number of carbonyl (C=O) groups excluding carboxylic acids is 1. The molecule has 0 saturated heterocycles. The zero-order chi connectivity index (χ0) is 15.4. The molecule has 1 N–H and O–H groups in total. The van der Waals surface area contributed by atoms with Gasteiger partial charge >= 0.3 is 0 Å². The summed E-state index contributed by atoms with van der Waals surface area (Å²) in [6, 6.07) is 20.8. The Morgan fingerprint density at radius 1 is 1.00 bits per heavy atom. The van der Waals surface area contributed by atoms with Crippen LogP contribution in [-0.2, 0) is 4.79 Å². The van der Waals surface area contributed by atoms with Crippen LogP contribution in [-0.4, -0.2) is 17.0 Å². The minimum Gasteiger partial charge on any atom is -0.465 e. The Bertz CT molecular complexity index is 787. The van der Waals surface area contributed by atoms with Gasteiger partial charge in [0.25, 0.3) is 5.91 Å². The molecule has 0 spiro atoms. The number of anilines is 1. The Kier molecular flexibility index (Phi) is 4.01. The predicted octanol–water partition coefficient (Wildman–Crippen LogP) is 3.64. The number of ether oxygens (including phenoxy) is 1. The SMILES string of the molecule is CC(Oc1ccc2ccccc2n1)C(=O)Nc1ccccc1. The first-order valence-electron chi connectivity index (χ1n) is 7.11. The Balaban J connectivity index is 1.69. The second-order valence-corrected chi connectivity index (χ2v) is 4.96. The molecule has 0 aliphatic rings. The molecule has 0 bridgehead atoms. The molecule has 4 nitrogen and oxygen atoms in total. The first kappa shape index (κ1) is 14.1. The highest BCUT2D eigenvalue weighted by Gasteiger charge is 2.15. The van der Waals surface area contributed by atoms with Crippen LogP contribution in [0.1, 0.15) is 6.92 Å². The maximum atomic E-state index is 12.1. The monoisotopic (exact) mass is 292 g/mol. The van der Waals surface area contributed by atoms with Gasteiger partial charge in [-0.15, -0.1) is 0 Å².